The lowest BCUT2D eigenvalue weighted by molar-refractivity contribution is -0.119. The van der Waals surface area contributed by atoms with Gasteiger partial charge >= 0.3 is 0 Å². The molecule has 0 saturated heterocycles. The highest BCUT2D eigenvalue weighted by atomic mass is 35.5. The maximum Gasteiger partial charge on any atom is 0.264 e. The molecule has 0 radical (unpaired) electrons. The van der Waals surface area contributed by atoms with E-state index in [0.29, 0.717) is 12.4 Å². The van der Waals surface area contributed by atoms with Crippen LogP contribution in [0.15, 0.2) is 77.7 Å². The summed E-state index contributed by atoms with van der Waals surface area (Å²) in [6, 6.07) is 19.8. The number of sulfonamides is 1. The molecule has 0 fully saturated rings. The molecule has 0 aliphatic heterocycles. The molecule has 0 unspecified atom stereocenters. The van der Waals surface area contributed by atoms with Crippen LogP contribution in [0.1, 0.15) is 12.5 Å². The minimum absolute atomic E-state index is 0.0660. The van der Waals surface area contributed by atoms with E-state index in [2.05, 4.69) is 5.32 Å². The van der Waals surface area contributed by atoms with Crippen molar-refractivity contribution < 1.29 is 22.7 Å². The molecule has 9 heteroatoms. The number of nitrogens with one attached hydrogen (secondary N) is 1. The molecule has 0 aliphatic rings. The molecule has 174 valence electrons. The number of amides is 1. The number of carbonyl (C=O) groups is 1. The first-order chi connectivity index (χ1) is 15.8. The van der Waals surface area contributed by atoms with Gasteiger partial charge in [-0.1, -0.05) is 41.9 Å². The molecular weight excluding hydrogens is 464 g/mol. The standard InChI is InChI=1S/C24H25ClN2O5S/c1-3-32-20-12-9-18(10-13-20)16-26-24(28)17-27(19-11-14-23(31-2)22(25)15-19)33(29,30)21-7-5-4-6-8-21/h4-15H,3,16-17H2,1-2H3,(H,26,28). The van der Waals surface area contributed by atoms with Crippen LogP contribution in [0.3, 0.4) is 0 Å². The molecule has 0 heterocycles. The van der Waals surface area contributed by atoms with Gasteiger partial charge in [0, 0.05) is 6.54 Å². The fraction of sp³-hybridized carbons (Fsp3) is 0.208. The topological polar surface area (TPSA) is 84.9 Å². The Balaban J connectivity index is 1.82. The molecule has 3 rings (SSSR count). The first-order valence-electron chi connectivity index (χ1n) is 10.2. The summed E-state index contributed by atoms with van der Waals surface area (Å²) >= 11 is 6.23. The SMILES string of the molecule is CCOc1ccc(CNC(=O)CN(c2ccc(OC)c(Cl)c2)S(=O)(=O)c2ccccc2)cc1. The fourth-order valence-corrected chi connectivity index (χ4v) is 4.79. The molecule has 3 aromatic rings. The van der Waals surface area contributed by atoms with Crippen molar-refractivity contribution in [3.8, 4) is 11.5 Å². The van der Waals surface area contributed by atoms with Gasteiger partial charge < -0.3 is 14.8 Å². The summed E-state index contributed by atoms with van der Waals surface area (Å²) < 4.78 is 38.3. The van der Waals surface area contributed by atoms with Crippen molar-refractivity contribution >= 4 is 33.2 Å². The number of halogens is 1. The quantitative estimate of drug-likeness (QED) is 0.461. The molecule has 7 nitrogen and oxygen atoms in total. The van der Waals surface area contributed by atoms with E-state index in [1.165, 1.54) is 25.3 Å². The lowest BCUT2D eigenvalue weighted by atomic mass is 10.2. The van der Waals surface area contributed by atoms with Crippen LogP contribution < -0.4 is 19.1 Å². The largest absolute Gasteiger partial charge is 0.495 e. The van der Waals surface area contributed by atoms with Gasteiger partial charge in [0.1, 0.15) is 18.0 Å². The normalized spacial score (nSPS) is 11.0. The first-order valence-corrected chi connectivity index (χ1v) is 12.1. The highest BCUT2D eigenvalue weighted by Gasteiger charge is 2.27. The second kappa shape index (κ2) is 11.1. The molecule has 0 saturated carbocycles. The number of nitrogens with zero attached hydrogens (tertiary/aromatic N) is 1. The molecule has 0 atom stereocenters. The Morgan fingerprint density at radius 2 is 1.73 bits per heavy atom. The van der Waals surface area contributed by atoms with Crippen molar-refractivity contribution in [2.45, 2.75) is 18.4 Å². The Morgan fingerprint density at radius 1 is 1.03 bits per heavy atom. The minimum atomic E-state index is -4.02. The van der Waals surface area contributed by atoms with Crippen LogP contribution in [0.5, 0.6) is 11.5 Å². The summed E-state index contributed by atoms with van der Waals surface area (Å²) in [5.41, 5.74) is 1.11. The third kappa shape index (κ3) is 6.18. The number of rotatable bonds is 10. The summed E-state index contributed by atoms with van der Waals surface area (Å²) in [4.78, 5) is 12.8. The number of hydrogen-bond donors (Lipinski definition) is 1. The van der Waals surface area contributed by atoms with Crippen molar-refractivity contribution in [2.24, 2.45) is 0 Å². The van der Waals surface area contributed by atoms with E-state index in [1.807, 2.05) is 31.2 Å². The number of methoxy groups -OCH3 is 1. The van der Waals surface area contributed by atoms with Gasteiger partial charge in [0.2, 0.25) is 5.91 Å². The van der Waals surface area contributed by atoms with Gasteiger partial charge in [-0.25, -0.2) is 8.42 Å². The van der Waals surface area contributed by atoms with E-state index in [0.717, 1.165) is 15.6 Å². The van der Waals surface area contributed by atoms with Crippen molar-refractivity contribution in [2.75, 3.05) is 24.6 Å². The third-order valence-electron chi connectivity index (χ3n) is 4.77. The zero-order valence-electron chi connectivity index (χ0n) is 18.3. The maximum absolute atomic E-state index is 13.4. The Hall–Kier alpha value is -3.23. The van der Waals surface area contributed by atoms with Crippen molar-refractivity contribution in [3.05, 3.63) is 83.4 Å². The van der Waals surface area contributed by atoms with E-state index in [1.54, 1.807) is 30.3 Å². The minimum Gasteiger partial charge on any atom is -0.495 e. The van der Waals surface area contributed by atoms with Crippen LogP contribution in [0.25, 0.3) is 0 Å². The number of carbonyl (C=O) groups excluding carboxylic acids is 1. The molecule has 33 heavy (non-hydrogen) atoms. The van der Waals surface area contributed by atoms with Crippen molar-refractivity contribution in [1.82, 2.24) is 5.32 Å². The monoisotopic (exact) mass is 488 g/mol. The molecule has 0 aliphatic carbocycles. The van der Waals surface area contributed by atoms with Gasteiger partial charge in [-0.3, -0.25) is 9.10 Å². The zero-order valence-corrected chi connectivity index (χ0v) is 19.9. The van der Waals surface area contributed by atoms with Gasteiger partial charge in [0.25, 0.3) is 10.0 Å². The molecule has 1 N–H and O–H groups in total. The summed E-state index contributed by atoms with van der Waals surface area (Å²) in [6.45, 7) is 2.29. The lowest BCUT2D eigenvalue weighted by Crippen LogP contribution is -2.40. The van der Waals surface area contributed by atoms with Gasteiger partial charge in [-0.2, -0.15) is 0 Å². The number of ether oxygens (including phenoxy) is 2. The first kappa shape index (κ1) is 24.4. The maximum atomic E-state index is 13.4. The highest BCUT2D eigenvalue weighted by Crippen LogP contribution is 2.31. The lowest BCUT2D eigenvalue weighted by Gasteiger charge is -2.24. The average Bonchev–Trinajstić information content (AvgIpc) is 2.82. The summed E-state index contributed by atoms with van der Waals surface area (Å²) in [5, 5.41) is 3.00. The van der Waals surface area contributed by atoms with E-state index >= 15 is 0 Å². The van der Waals surface area contributed by atoms with Gasteiger partial charge in [0.15, 0.2) is 0 Å². The Morgan fingerprint density at radius 3 is 2.33 bits per heavy atom. The summed E-state index contributed by atoms with van der Waals surface area (Å²) in [7, 11) is -2.56. The molecular formula is C24H25ClN2O5S. The fourth-order valence-electron chi connectivity index (χ4n) is 3.10. The van der Waals surface area contributed by atoms with Gasteiger partial charge in [0.05, 0.1) is 29.3 Å². The average molecular weight is 489 g/mol. The number of anilines is 1. The molecule has 0 spiro atoms. The second-order valence-corrected chi connectivity index (χ2v) is 9.27. The van der Waals surface area contributed by atoms with Crippen molar-refractivity contribution in [3.63, 3.8) is 0 Å². The highest BCUT2D eigenvalue weighted by molar-refractivity contribution is 7.92. The van der Waals surface area contributed by atoms with Crippen LogP contribution >= 0.6 is 11.6 Å². The van der Waals surface area contributed by atoms with E-state index in [-0.39, 0.29) is 22.2 Å². The smallest absolute Gasteiger partial charge is 0.264 e. The summed E-state index contributed by atoms with van der Waals surface area (Å²) in [6.07, 6.45) is 0. The Kier molecular flexibility index (Phi) is 8.19. The molecule has 0 aromatic heterocycles. The molecule has 1 amide bonds. The van der Waals surface area contributed by atoms with E-state index < -0.39 is 22.5 Å². The predicted octanol–water partition coefficient (Wildman–Crippen LogP) is 4.26. The van der Waals surface area contributed by atoms with Crippen LogP contribution in [-0.2, 0) is 21.4 Å². The Bertz CT molecular complexity index is 1190. The zero-order chi connectivity index (χ0) is 23.8. The van der Waals surface area contributed by atoms with Crippen LogP contribution in [0.4, 0.5) is 5.69 Å². The van der Waals surface area contributed by atoms with Gasteiger partial charge in [-0.05, 0) is 55.0 Å². The van der Waals surface area contributed by atoms with Crippen molar-refractivity contribution in [1.29, 1.82) is 0 Å². The predicted molar refractivity (Wildman–Crippen MR) is 128 cm³/mol. The van der Waals surface area contributed by atoms with Gasteiger partial charge in [-0.15, -0.1) is 0 Å². The van der Waals surface area contributed by atoms with E-state index in [4.69, 9.17) is 21.1 Å². The van der Waals surface area contributed by atoms with Crippen LogP contribution in [0, 0.1) is 0 Å². The number of hydrogen-bond acceptors (Lipinski definition) is 5. The second-order valence-electron chi connectivity index (χ2n) is 7.00. The molecule has 3 aromatic carbocycles. The molecule has 0 bridgehead atoms. The Labute approximate surface area is 198 Å². The van der Waals surface area contributed by atoms with E-state index in [9.17, 15) is 13.2 Å². The van der Waals surface area contributed by atoms with Crippen LogP contribution in [-0.4, -0.2) is 34.6 Å². The third-order valence-corrected chi connectivity index (χ3v) is 6.85. The number of benzene rings is 3. The summed E-state index contributed by atoms with van der Waals surface area (Å²) in [5.74, 6) is 0.678. The van der Waals surface area contributed by atoms with Crippen LogP contribution in [0.2, 0.25) is 5.02 Å².